The summed E-state index contributed by atoms with van der Waals surface area (Å²) < 4.78 is 27.5. The van der Waals surface area contributed by atoms with E-state index in [2.05, 4.69) is 30.8 Å². The highest BCUT2D eigenvalue weighted by molar-refractivity contribution is 7.89. The number of hydrogen-bond acceptors (Lipinski definition) is 3. The van der Waals surface area contributed by atoms with Gasteiger partial charge >= 0.3 is 0 Å². The van der Waals surface area contributed by atoms with Gasteiger partial charge in [-0.2, -0.15) is 0 Å². The highest BCUT2D eigenvalue weighted by Crippen LogP contribution is 2.27. The number of hydrogen-bond donors (Lipinski definition) is 2. The Balaban J connectivity index is 0.00000242. The molecular formula is C16H27ClN2O2S. The second-order valence-electron chi connectivity index (χ2n) is 6.61. The Morgan fingerprint density at radius 1 is 1.18 bits per heavy atom. The zero-order valence-electron chi connectivity index (χ0n) is 13.6. The van der Waals surface area contributed by atoms with E-state index in [1.807, 2.05) is 12.1 Å². The van der Waals surface area contributed by atoms with Crippen molar-refractivity contribution in [2.45, 2.75) is 44.4 Å². The van der Waals surface area contributed by atoms with Gasteiger partial charge < -0.3 is 5.32 Å². The molecule has 0 radical (unpaired) electrons. The molecule has 0 bridgehead atoms. The second-order valence-corrected chi connectivity index (χ2v) is 8.38. The molecule has 0 amide bonds. The van der Waals surface area contributed by atoms with E-state index >= 15 is 0 Å². The van der Waals surface area contributed by atoms with Crippen molar-refractivity contribution in [3.63, 3.8) is 0 Å². The first kappa shape index (κ1) is 19.4. The van der Waals surface area contributed by atoms with Crippen LogP contribution in [0.25, 0.3) is 0 Å². The molecule has 22 heavy (non-hydrogen) atoms. The smallest absolute Gasteiger partial charge is 0.240 e. The van der Waals surface area contributed by atoms with Crippen LogP contribution in [-0.4, -0.2) is 28.1 Å². The largest absolute Gasteiger partial charge is 0.317 e. The molecule has 126 valence electrons. The lowest BCUT2D eigenvalue weighted by Crippen LogP contribution is -2.42. The van der Waals surface area contributed by atoms with Crippen molar-refractivity contribution in [3.8, 4) is 0 Å². The van der Waals surface area contributed by atoms with E-state index in [4.69, 9.17) is 0 Å². The van der Waals surface area contributed by atoms with Crippen LogP contribution in [0.4, 0.5) is 0 Å². The van der Waals surface area contributed by atoms with Gasteiger partial charge in [0.05, 0.1) is 4.90 Å². The summed E-state index contributed by atoms with van der Waals surface area (Å²) >= 11 is 0. The molecule has 0 aliphatic carbocycles. The Morgan fingerprint density at radius 2 is 1.73 bits per heavy atom. The summed E-state index contributed by atoms with van der Waals surface area (Å²) in [6.45, 7) is 8.77. The van der Waals surface area contributed by atoms with Crippen LogP contribution in [0.3, 0.4) is 0 Å². The minimum atomic E-state index is -3.41. The Bertz CT molecular complexity index is 564. The molecule has 6 heteroatoms. The fraction of sp³-hybridized carbons (Fsp3) is 0.625. The number of halogens is 1. The lowest BCUT2D eigenvalue weighted by Gasteiger charge is -2.34. The summed E-state index contributed by atoms with van der Waals surface area (Å²) in [6.07, 6.45) is 2.00. The summed E-state index contributed by atoms with van der Waals surface area (Å²) in [4.78, 5) is 0.351. The molecule has 0 saturated carbocycles. The summed E-state index contributed by atoms with van der Waals surface area (Å²) in [5.41, 5.74) is 1.20. The van der Waals surface area contributed by atoms with Gasteiger partial charge in [-0.3, -0.25) is 0 Å². The third-order valence-electron chi connectivity index (χ3n) is 4.36. The van der Waals surface area contributed by atoms with Gasteiger partial charge in [0.15, 0.2) is 0 Å². The third kappa shape index (κ3) is 4.95. The van der Waals surface area contributed by atoms with E-state index in [1.54, 1.807) is 12.1 Å². The maximum Gasteiger partial charge on any atom is 0.240 e. The van der Waals surface area contributed by atoms with Crippen LogP contribution in [0.1, 0.15) is 45.1 Å². The predicted octanol–water partition coefficient (Wildman–Crippen LogP) is 2.90. The Labute approximate surface area is 140 Å². The molecule has 1 heterocycles. The molecule has 1 aliphatic rings. The molecule has 1 fully saturated rings. The minimum Gasteiger partial charge on any atom is -0.317 e. The molecule has 0 unspecified atom stereocenters. The van der Waals surface area contributed by atoms with Crippen LogP contribution >= 0.6 is 12.4 Å². The van der Waals surface area contributed by atoms with Crippen molar-refractivity contribution >= 4 is 22.4 Å². The summed E-state index contributed by atoms with van der Waals surface area (Å²) in [7, 11) is -3.41. The molecule has 1 aromatic rings. The summed E-state index contributed by atoms with van der Waals surface area (Å²) in [6, 6.07) is 7.18. The van der Waals surface area contributed by atoms with Gasteiger partial charge in [0.1, 0.15) is 0 Å². The molecule has 0 aromatic heterocycles. The number of nitrogens with one attached hydrogen (secondary N) is 2. The van der Waals surface area contributed by atoms with E-state index in [1.165, 1.54) is 0 Å². The minimum absolute atomic E-state index is 0. The fourth-order valence-electron chi connectivity index (χ4n) is 2.59. The Morgan fingerprint density at radius 3 is 2.23 bits per heavy atom. The van der Waals surface area contributed by atoms with E-state index < -0.39 is 10.0 Å². The average molecular weight is 347 g/mol. The molecule has 1 saturated heterocycles. The van der Waals surface area contributed by atoms with Crippen LogP contribution in [0.2, 0.25) is 0 Å². The molecule has 2 N–H and O–H groups in total. The van der Waals surface area contributed by atoms with Gasteiger partial charge in [-0.15, -0.1) is 12.4 Å². The number of piperidine rings is 1. The van der Waals surface area contributed by atoms with Crippen LogP contribution in [-0.2, 0) is 10.0 Å². The average Bonchev–Trinajstić information content (AvgIpc) is 2.46. The van der Waals surface area contributed by atoms with Crippen molar-refractivity contribution in [1.82, 2.24) is 10.0 Å². The normalized spacial score (nSPS) is 18.0. The topological polar surface area (TPSA) is 58.2 Å². The van der Waals surface area contributed by atoms with E-state index in [0.717, 1.165) is 31.5 Å². The number of sulfonamides is 1. The zero-order chi connectivity index (χ0) is 15.5. The SMILES string of the molecule is CC(C)c1ccc(S(=O)(=O)NCC2(C)CCNCC2)cc1.Cl. The Kier molecular flexibility index (Phi) is 6.86. The van der Waals surface area contributed by atoms with Crippen molar-refractivity contribution in [2.75, 3.05) is 19.6 Å². The first-order valence-electron chi connectivity index (χ1n) is 7.63. The molecule has 1 aliphatic heterocycles. The van der Waals surface area contributed by atoms with Crippen molar-refractivity contribution in [3.05, 3.63) is 29.8 Å². The van der Waals surface area contributed by atoms with E-state index in [9.17, 15) is 8.42 Å². The zero-order valence-corrected chi connectivity index (χ0v) is 15.2. The maximum absolute atomic E-state index is 12.4. The Hall–Kier alpha value is -0.620. The van der Waals surface area contributed by atoms with Gasteiger partial charge in [0.25, 0.3) is 0 Å². The van der Waals surface area contributed by atoms with Gasteiger partial charge in [-0.1, -0.05) is 32.9 Å². The van der Waals surface area contributed by atoms with Gasteiger partial charge in [-0.25, -0.2) is 13.1 Å². The standard InChI is InChI=1S/C16H26N2O2S.ClH/c1-13(2)14-4-6-15(7-5-14)21(19,20)18-12-16(3)8-10-17-11-9-16;/h4-7,13,17-18H,8-12H2,1-3H3;1H. The van der Waals surface area contributed by atoms with E-state index in [0.29, 0.717) is 17.4 Å². The van der Waals surface area contributed by atoms with Gasteiger partial charge in [0.2, 0.25) is 10.0 Å². The van der Waals surface area contributed by atoms with Crippen LogP contribution < -0.4 is 10.0 Å². The summed E-state index contributed by atoms with van der Waals surface area (Å²) in [5.74, 6) is 0.406. The van der Waals surface area contributed by atoms with E-state index in [-0.39, 0.29) is 17.8 Å². The fourth-order valence-corrected chi connectivity index (χ4v) is 3.79. The van der Waals surface area contributed by atoms with Crippen LogP contribution in [0, 0.1) is 5.41 Å². The molecule has 0 atom stereocenters. The molecule has 2 rings (SSSR count). The molecule has 1 aromatic carbocycles. The van der Waals surface area contributed by atoms with Gasteiger partial charge in [-0.05, 0) is 55.0 Å². The number of rotatable bonds is 5. The third-order valence-corrected chi connectivity index (χ3v) is 5.77. The maximum atomic E-state index is 12.4. The molecular weight excluding hydrogens is 320 g/mol. The lowest BCUT2D eigenvalue weighted by molar-refractivity contribution is 0.232. The second kappa shape index (κ2) is 7.77. The highest BCUT2D eigenvalue weighted by atomic mass is 35.5. The lowest BCUT2D eigenvalue weighted by atomic mass is 9.81. The van der Waals surface area contributed by atoms with Crippen LogP contribution in [0.5, 0.6) is 0 Å². The van der Waals surface area contributed by atoms with Crippen molar-refractivity contribution in [2.24, 2.45) is 5.41 Å². The van der Waals surface area contributed by atoms with Gasteiger partial charge in [0, 0.05) is 6.54 Å². The van der Waals surface area contributed by atoms with Crippen molar-refractivity contribution in [1.29, 1.82) is 0 Å². The quantitative estimate of drug-likeness (QED) is 0.861. The first-order valence-corrected chi connectivity index (χ1v) is 9.11. The molecule has 0 spiro atoms. The van der Waals surface area contributed by atoms with Crippen LogP contribution in [0.15, 0.2) is 29.2 Å². The number of benzene rings is 1. The first-order chi connectivity index (χ1) is 9.82. The predicted molar refractivity (Wildman–Crippen MR) is 93.2 cm³/mol. The summed E-state index contributed by atoms with van der Waals surface area (Å²) in [5, 5.41) is 3.31. The molecule has 4 nitrogen and oxygen atoms in total. The monoisotopic (exact) mass is 346 g/mol. The van der Waals surface area contributed by atoms with Crippen molar-refractivity contribution < 1.29 is 8.42 Å². The highest BCUT2D eigenvalue weighted by Gasteiger charge is 2.28.